The van der Waals surface area contributed by atoms with E-state index in [9.17, 15) is 8.78 Å². The summed E-state index contributed by atoms with van der Waals surface area (Å²) < 4.78 is 34.0. The second-order valence-electron chi connectivity index (χ2n) is 4.40. The summed E-state index contributed by atoms with van der Waals surface area (Å²) in [5.41, 5.74) is 1.10. The van der Waals surface area contributed by atoms with Crippen LogP contribution < -0.4 is 10.1 Å². The van der Waals surface area contributed by atoms with Crippen molar-refractivity contribution in [2.45, 2.75) is 6.04 Å². The third kappa shape index (κ3) is 3.44. The maximum atomic E-state index is 14.2. The first-order valence-corrected chi connectivity index (χ1v) is 7.71. The molecule has 0 aliphatic heterocycles. The summed E-state index contributed by atoms with van der Waals surface area (Å²) >= 11 is 6.38. The summed E-state index contributed by atoms with van der Waals surface area (Å²) in [5.74, 6) is -0.426. The Balaban J connectivity index is 2.58. The van der Waals surface area contributed by atoms with Gasteiger partial charge in [0.2, 0.25) is 0 Å². The molecule has 0 aliphatic rings. The Labute approximate surface area is 138 Å². The van der Waals surface area contributed by atoms with Gasteiger partial charge in [-0.15, -0.1) is 0 Å². The number of nitrogens with one attached hydrogen (secondary N) is 1. The van der Waals surface area contributed by atoms with Crippen LogP contribution in [-0.2, 0) is 0 Å². The molecule has 1 atom stereocenters. The highest BCUT2D eigenvalue weighted by atomic mass is 79.9. The molecule has 0 amide bonds. The maximum Gasteiger partial charge on any atom is 0.141 e. The maximum absolute atomic E-state index is 14.2. The van der Waals surface area contributed by atoms with Gasteiger partial charge in [-0.2, -0.15) is 0 Å². The van der Waals surface area contributed by atoms with E-state index < -0.39 is 11.9 Å². The van der Waals surface area contributed by atoms with Crippen molar-refractivity contribution in [3.05, 3.63) is 62.0 Å². The molecule has 0 saturated carbocycles. The van der Waals surface area contributed by atoms with Crippen molar-refractivity contribution in [3.63, 3.8) is 0 Å². The topological polar surface area (TPSA) is 21.3 Å². The molecule has 2 aromatic rings. The van der Waals surface area contributed by atoms with Crippen molar-refractivity contribution < 1.29 is 13.5 Å². The van der Waals surface area contributed by atoms with Gasteiger partial charge in [0.25, 0.3) is 0 Å². The monoisotopic (exact) mass is 419 g/mol. The van der Waals surface area contributed by atoms with E-state index in [0.717, 1.165) is 0 Å². The van der Waals surface area contributed by atoms with E-state index in [2.05, 4.69) is 37.2 Å². The summed E-state index contributed by atoms with van der Waals surface area (Å²) in [7, 11) is 3.17. The minimum atomic E-state index is -0.454. The molecule has 112 valence electrons. The molecule has 0 radical (unpaired) electrons. The fraction of sp³-hybridized carbons (Fsp3) is 0.200. The number of halogens is 4. The highest BCUT2D eigenvalue weighted by molar-refractivity contribution is 9.10. The van der Waals surface area contributed by atoms with Crippen LogP contribution in [0.1, 0.15) is 17.2 Å². The van der Waals surface area contributed by atoms with Crippen molar-refractivity contribution in [2.75, 3.05) is 14.2 Å². The van der Waals surface area contributed by atoms with Crippen molar-refractivity contribution in [2.24, 2.45) is 0 Å². The molecule has 0 bridgehead atoms. The lowest BCUT2D eigenvalue weighted by Gasteiger charge is -2.21. The molecule has 0 aliphatic carbocycles. The van der Waals surface area contributed by atoms with Crippen LogP contribution in [0.15, 0.2) is 39.3 Å². The van der Waals surface area contributed by atoms with Crippen LogP contribution in [0.2, 0.25) is 0 Å². The van der Waals surface area contributed by atoms with Gasteiger partial charge in [-0.3, -0.25) is 0 Å². The Kier molecular flexibility index (Phi) is 5.35. The quantitative estimate of drug-likeness (QED) is 0.766. The number of benzene rings is 2. The Morgan fingerprint density at radius 1 is 1.05 bits per heavy atom. The van der Waals surface area contributed by atoms with Gasteiger partial charge >= 0.3 is 0 Å². The normalized spacial score (nSPS) is 12.3. The van der Waals surface area contributed by atoms with Gasteiger partial charge in [-0.05, 0) is 41.2 Å². The lowest BCUT2D eigenvalue weighted by molar-refractivity contribution is 0.400. The Morgan fingerprint density at radius 3 is 2.33 bits per heavy atom. The SMILES string of the molecule is CNC(c1ccc(Br)cc1F)c1cc(Br)c(F)cc1OC. The zero-order valence-corrected chi connectivity index (χ0v) is 14.6. The summed E-state index contributed by atoms with van der Waals surface area (Å²) in [6.45, 7) is 0. The largest absolute Gasteiger partial charge is 0.496 e. The number of ether oxygens (including phenoxy) is 1. The minimum absolute atomic E-state index is 0.302. The molecular formula is C15H13Br2F2NO. The van der Waals surface area contributed by atoms with Crippen molar-refractivity contribution in [1.29, 1.82) is 0 Å². The van der Waals surface area contributed by atoms with Crippen LogP contribution in [0.25, 0.3) is 0 Å². The Hall–Kier alpha value is -0.980. The van der Waals surface area contributed by atoms with Gasteiger partial charge in [0, 0.05) is 21.7 Å². The van der Waals surface area contributed by atoms with Gasteiger partial charge in [-0.1, -0.05) is 22.0 Å². The molecule has 2 rings (SSSR count). The molecule has 21 heavy (non-hydrogen) atoms. The molecule has 6 heteroatoms. The first-order valence-electron chi connectivity index (χ1n) is 6.13. The van der Waals surface area contributed by atoms with Gasteiger partial charge in [-0.25, -0.2) is 8.78 Å². The molecule has 0 aromatic heterocycles. The summed E-state index contributed by atoms with van der Waals surface area (Å²) in [5, 5.41) is 3.04. The van der Waals surface area contributed by atoms with Crippen LogP contribution in [0.4, 0.5) is 8.78 Å². The van der Waals surface area contributed by atoms with Gasteiger partial charge in [0.1, 0.15) is 17.4 Å². The van der Waals surface area contributed by atoms with Gasteiger partial charge in [0.05, 0.1) is 17.6 Å². The fourth-order valence-electron chi connectivity index (χ4n) is 2.16. The Morgan fingerprint density at radius 2 is 1.76 bits per heavy atom. The fourth-order valence-corrected chi connectivity index (χ4v) is 2.85. The van der Waals surface area contributed by atoms with E-state index in [1.165, 1.54) is 19.2 Å². The van der Waals surface area contributed by atoms with E-state index in [4.69, 9.17) is 4.74 Å². The molecule has 0 fully saturated rings. The number of hydrogen-bond acceptors (Lipinski definition) is 2. The highest BCUT2D eigenvalue weighted by Crippen LogP contribution is 2.35. The van der Waals surface area contributed by atoms with Gasteiger partial charge < -0.3 is 10.1 Å². The molecule has 2 nitrogen and oxygen atoms in total. The van der Waals surface area contributed by atoms with Crippen LogP contribution in [0, 0.1) is 11.6 Å². The molecular weight excluding hydrogens is 408 g/mol. The van der Waals surface area contributed by atoms with Crippen molar-refractivity contribution >= 4 is 31.9 Å². The van der Waals surface area contributed by atoms with Crippen LogP contribution >= 0.6 is 31.9 Å². The summed E-state index contributed by atoms with van der Waals surface area (Å²) in [6, 6.07) is 7.25. The zero-order chi connectivity index (χ0) is 15.6. The molecule has 0 heterocycles. The van der Waals surface area contributed by atoms with Gasteiger partial charge in [0.15, 0.2) is 0 Å². The first-order chi connectivity index (χ1) is 9.97. The van der Waals surface area contributed by atoms with Crippen LogP contribution in [0.5, 0.6) is 5.75 Å². The number of methoxy groups -OCH3 is 1. The average Bonchev–Trinajstić information content (AvgIpc) is 2.45. The standard InChI is InChI=1S/C15H13Br2F2NO/c1-20-15(9-4-3-8(16)5-12(9)18)10-6-11(17)13(19)7-14(10)21-2/h3-7,15,20H,1-2H3. The van der Waals surface area contributed by atoms with Crippen molar-refractivity contribution in [1.82, 2.24) is 5.32 Å². The van der Waals surface area contributed by atoms with Crippen LogP contribution in [-0.4, -0.2) is 14.2 Å². The smallest absolute Gasteiger partial charge is 0.141 e. The number of hydrogen-bond donors (Lipinski definition) is 1. The second-order valence-corrected chi connectivity index (χ2v) is 6.17. The van der Waals surface area contributed by atoms with E-state index in [1.807, 2.05) is 0 Å². The third-order valence-electron chi connectivity index (χ3n) is 3.15. The molecule has 1 unspecified atom stereocenters. The zero-order valence-electron chi connectivity index (χ0n) is 11.4. The van der Waals surface area contributed by atoms with Crippen molar-refractivity contribution in [3.8, 4) is 5.75 Å². The predicted molar refractivity (Wildman–Crippen MR) is 85.7 cm³/mol. The first kappa shape index (κ1) is 16.4. The summed E-state index contributed by atoms with van der Waals surface area (Å²) in [6.07, 6.45) is 0. The lowest BCUT2D eigenvalue weighted by Crippen LogP contribution is -2.20. The molecule has 2 aromatic carbocycles. The third-order valence-corrected chi connectivity index (χ3v) is 4.25. The average molecular weight is 421 g/mol. The molecule has 1 N–H and O–H groups in total. The lowest BCUT2D eigenvalue weighted by atomic mass is 9.97. The second kappa shape index (κ2) is 6.85. The van der Waals surface area contributed by atoms with E-state index in [0.29, 0.717) is 25.8 Å². The highest BCUT2D eigenvalue weighted by Gasteiger charge is 2.21. The summed E-state index contributed by atoms with van der Waals surface area (Å²) in [4.78, 5) is 0. The molecule has 0 spiro atoms. The Bertz CT molecular complexity index is 664. The van der Waals surface area contributed by atoms with E-state index in [1.54, 1.807) is 25.2 Å². The minimum Gasteiger partial charge on any atom is -0.496 e. The van der Waals surface area contributed by atoms with E-state index >= 15 is 0 Å². The van der Waals surface area contributed by atoms with Crippen LogP contribution in [0.3, 0.4) is 0 Å². The van der Waals surface area contributed by atoms with E-state index in [-0.39, 0.29) is 5.82 Å². The molecule has 0 saturated heterocycles. The predicted octanol–water partition coefficient (Wildman–Crippen LogP) is 4.81. The number of rotatable bonds is 4.